The molecule has 0 radical (unpaired) electrons. The minimum atomic E-state index is -4.83. The highest BCUT2D eigenvalue weighted by atomic mass is 32.2. The van der Waals surface area contributed by atoms with Crippen LogP contribution in [-0.4, -0.2) is 23.2 Å². The third kappa shape index (κ3) is 3.35. The third-order valence-corrected chi connectivity index (χ3v) is 5.31. The van der Waals surface area contributed by atoms with Crippen molar-refractivity contribution in [3.8, 4) is 6.07 Å². The molecule has 0 saturated heterocycles. The van der Waals surface area contributed by atoms with Gasteiger partial charge in [-0.25, -0.2) is 22.8 Å². The average molecular weight is 371 g/mol. The second-order valence-electron chi connectivity index (χ2n) is 5.47. The number of aryl methyl sites for hydroxylation is 1. The van der Waals surface area contributed by atoms with E-state index in [9.17, 15) is 21.6 Å². The van der Waals surface area contributed by atoms with Crippen molar-refractivity contribution < 1.29 is 21.6 Å². The second kappa shape index (κ2) is 6.12. The molecule has 0 bridgehead atoms. The molecule has 1 atom stereocenters. The van der Waals surface area contributed by atoms with Gasteiger partial charge < -0.3 is 0 Å². The molecule has 3 rings (SSSR count). The second-order valence-corrected chi connectivity index (χ2v) is 7.19. The molecule has 2 heterocycles. The number of nitriles is 1. The van der Waals surface area contributed by atoms with Crippen LogP contribution in [0.4, 0.5) is 13.2 Å². The van der Waals surface area contributed by atoms with E-state index < -0.39 is 38.3 Å². The predicted octanol–water partition coefficient (Wildman–Crippen LogP) is 1.98. The van der Waals surface area contributed by atoms with Gasteiger partial charge in [0.05, 0.1) is 28.1 Å². The first-order chi connectivity index (χ1) is 11.7. The van der Waals surface area contributed by atoms with Gasteiger partial charge in [0, 0.05) is 6.54 Å². The van der Waals surface area contributed by atoms with Gasteiger partial charge in [0.1, 0.15) is 12.2 Å². The molecular formula is C14H12F3N5O2S. The highest BCUT2D eigenvalue weighted by Gasteiger charge is 2.35. The predicted molar refractivity (Wildman–Crippen MR) is 78.5 cm³/mol. The van der Waals surface area contributed by atoms with Crippen LogP contribution in [-0.2, 0) is 22.7 Å². The fraction of sp³-hybridized carbons (Fsp3) is 0.357. The largest absolute Gasteiger partial charge is 0.417 e. The smallest absolute Gasteiger partial charge is 0.248 e. The zero-order valence-electron chi connectivity index (χ0n) is 12.7. The topological polar surface area (TPSA) is 101 Å². The van der Waals surface area contributed by atoms with E-state index in [1.807, 2.05) is 0 Å². The highest BCUT2D eigenvalue weighted by Crippen LogP contribution is 2.34. The SMILES string of the molecule is N#Cc1ccc(S(=O)(=O)N[C@H]2CCCn3ncnc32)cc1C(F)(F)F. The van der Waals surface area contributed by atoms with Gasteiger partial charge in [0.25, 0.3) is 0 Å². The van der Waals surface area contributed by atoms with Gasteiger partial charge >= 0.3 is 6.18 Å². The summed E-state index contributed by atoms with van der Waals surface area (Å²) in [6.45, 7) is 0.600. The van der Waals surface area contributed by atoms with E-state index in [4.69, 9.17) is 5.26 Å². The molecule has 0 saturated carbocycles. The van der Waals surface area contributed by atoms with E-state index in [2.05, 4.69) is 14.8 Å². The minimum absolute atomic E-state index is 0.416. The normalized spacial score (nSPS) is 17.8. The molecule has 1 aromatic heterocycles. The van der Waals surface area contributed by atoms with Gasteiger partial charge in [0.15, 0.2) is 0 Å². The average Bonchev–Trinajstić information content (AvgIpc) is 3.03. The lowest BCUT2D eigenvalue weighted by molar-refractivity contribution is -0.137. The summed E-state index contributed by atoms with van der Waals surface area (Å²) in [5.41, 5.74) is -1.92. The van der Waals surface area contributed by atoms with Gasteiger partial charge in [-0.05, 0) is 31.0 Å². The standard InChI is InChI=1S/C14H12F3N5O2S/c15-14(16,17)11-6-10(4-3-9(11)7-18)25(23,24)21-12-2-1-5-22-13(12)19-8-20-22/h3-4,6,8,12,21H,1-2,5H2/t12-/m0/s1. The zero-order chi connectivity index (χ0) is 18.2. The molecule has 1 aromatic carbocycles. The Balaban J connectivity index is 1.96. The molecule has 1 N–H and O–H groups in total. The van der Waals surface area contributed by atoms with Crippen molar-refractivity contribution in [2.45, 2.75) is 36.5 Å². The highest BCUT2D eigenvalue weighted by molar-refractivity contribution is 7.89. The first-order valence-electron chi connectivity index (χ1n) is 7.24. The van der Waals surface area contributed by atoms with E-state index in [0.29, 0.717) is 31.3 Å². The lowest BCUT2D eigenvalue weighted by atomic mass is 10.1. The van der Waals surface area contributed by atoms with E-state index >= 15 is 0 Å². The number of aromatic nitrogens is 3. The van der Waals surface area contributed by atoms with Crippen molar-refractivity contribution in [3.05, 3.63) is 41.5 Å². The molecule has 132 valence electrons. The van der Waals surface area contributed by atoms with Crippen molar-refractivity contribution in [2.75, 3.05) is 0 Å². The molecule has 0 amide bonds. The molecule has 0 aliphatic carbocycles. The fourth-order valence-electron chi connectivity index (χ4n) is 2.68. The number of hydrogen-bond acceptors (Lipinski definition) is 5. The Bertz CT molecular complexity index is 946. The molecule has 0 spiro atoms. The molecule has 2 aromatic rings. The Kier molecular flexibility index (Phi) is 4.26. The summed E-state index contributed by atoms with van der Waals surface area (Å²) in [7, 11) is -4.23. The summed E-state index contributed by atoms with van der Waals surface area (Å²) in [4.78, 5) is 3.44. The maximum atomic E-state index is 13.0. The van der Waals surface area contributed by atoms with Crippen molar-refractivity contribution in [1.29, 1.82) is 5.26 Å². The number of nitrogens with zero attached hydrogens (tertiary/aromatic N) is 4. The van der Waals surface area contributed by atoms with Crippen molar-refractivity contribution >= 4 is 10.0 Å². The molecular weight excluding hydrogens is 359 g/mol. The molecule has 1 aliphatic rings. The Morgan fingerprint density at radius 1 is 1.36 bits per heavy atom. The molecule has 0 fully saturated rings. The summed E-state index contributed by atoms with van der Waals surface area (Å²) in [5, 5.41) is 12.8. The first-order valence-corrected chi connectivity index (χ1v) is 8.72. The number of sulfonamides is 1. The van der Waals surface area contributed by atoms with Crippen LogP contribution >= 0.6 is 0 Å². The lowest BCUT2D eigenvalue weighted by Gasteiger charge is -2.23. The monoisotopic (exact) mass is 371 g/mol. The van der Waals surface area contributed by atoms with Crippen molar-refractivity contribution in [2.24, 2.45) is 0 Å². The number of alkyl halides is 3. The number of rotatable bonds is 3. The maximum absolute atomic E-state index is 13.0. The number of fused-ring (bicyclic) bond motifs is 1. The van der Waals surface area contributed by atoms with Gasteiger partial charge in [-0.15, -0.1) is 0 Å². The molecule has 11 heteroatoms. The van der Waals surface area contributed by atoms with Crippen LogP contribution in [0.25, 0.3) is 0 Å². The fourth-order valence-corrected chi connectivity index (χ4v) is 3.93. The van der Waals surface area contributed by atoms with Crippen LogP contribution in [0, 0.1) is 11.3 Å². The maximum Gasteiger partial charge on any atom is 0.417 e. The number of benzene rings is 1. The summed E-state index contributed by atoms with van der Waals surface area (Å²) in [5.74, 6) is 0.416. The Morgan fingerprint density at radius 2 is 2.12 bits per heavy atom. The summed E-state index contributed by atoms with van der Waals surface area (Å²) in [6.07, 6.45) is -2.42. The Labute approximate surface area is 141 Å². The molecule has 0 unspecified atom stereocenters. The number of halogens is 3. The van der Waals surface area contributed by atoms with E-state index in [-0.39, 0.29) is 0 Å². The number of nitrogens with one attached hydrogen (secondary N) is 1. The van der Waals surface area contributed by atoms with Crippen LogP contribution in [0.15, 0.2) is 29.4 Å². The van der Waals surface area contributed by atoms with E-state index in [1.165, 1.54) is 12.4 Å². The Hall–Kier alpha value is -2.45. The van der Waals surface area contributed by atoms with Crippen LogP contribution < -0.4 is 4.72 Å². The lowest BCUT2D eigenvalue weighted by Crippen LogP contribution is -2.33. The summed E-state index contributed by atoms with van der Waals surface area (Å²) < 4.78 is 68.0. The van der Waals surface area contributed by atoms with Crippen LogP contribution in [0.5, 0.6) is 0 Å². The van der Waals surface area contributed by atoms with Crippen molar-refractivity contribution in [3.63, 3.8) is 0 Å². The first kappa shape index (κ1) is 17.4. The van der Waals surface area contributed by atoms with Crippen LogP contribution in [0.3, 0.4) is 0 Å². The van der Waals surface area contributed by atoms with Gasteiger partial charge in [-0.3, -0.25) is 0 Å². The van der Waals surface area contributed by atoms with Crippen molar-refractivity contribution in [1.82, 2.24) is 19.5 Å². The Morgan fingerprint density at radius 3 is 2.80 bits per heavy atom. The van der Waals surface area contributed by atoms with Gasteiger partial charge in [-0.1, -0.05) is 0 Å². The number of hydrogen-bond donors (Lipinski definition) is 1. The molecule has 25 heavy (non-hydrogen) atoms. The third-order valence-electron chi connectivity index (χ3n) is 3.84. The zero-order valence-corrected chi connectivity index (χ0v) is 13.5. The molecule has 1 aliphatic heterocycles. The molecule has 7 nitrogen and oxygen atoms in total. The van der Waals surface area contributed by atoms with E-state index in [1.54, 1.807) is 4.68 Å². The summed E-state index contributed by atoms with van der Waals surface area (Å²) >= 11 is 0. The quantitative estimate of drug-likeness (QED) is 0.889. The van der Waals surface area contributed by atoms with E-state index in [0.717, 1.165) is 12.1 Å². The minimum Gasteiger partial charge on any atom is -0.248 e. The van der Waals surface area contributed by atoms with Gasteiger partial charge in [0.2, 0.25) is 10.0 Å². The van der Waals surface area contributed by atoms with Crippen LogP contribution in [0.2, 0.25) is 0 Å². The summed E-state index contributed by atoms with van der Waals surface area (Å²) in [6, 6.07) is 3.03. The van der Waals surface area contributed by atoms with Crippen LogP contribution in [0.1, 0.15) is 35.8 Å². The van der Waals surface area contributed by atoms with Gasteiger partial charge in [-0.2, -0.15) is 23.5 Å².